The molecule has 16 heavy (non-hydrogen) atoms. The molecule has 0 radical (unpaired) electrons. The Balaban J connectivity index is 2.52. The third kappa shape index (κ3) is 2.00. The number of hydrogen-bond donors (Lipinski definition) is 1. The van der Waals surface area contributed by atoms with Crippen molar-refractivity contribution in [1.82, 2.24) is 4.98 Å². The first-order valence-corrected chi connectivity index (χ1v) is 6.09. The molecule has 0 aliphatic carbocycles. The van der Waals surface area contributed by atoms with Gasteiger partial charge in [0, 0.05) is 17.5 Å². The molecule has 2 rings (SSSR count). The number of nitrogens with zero attached hydrogens (tertiary/aromatic N) is 1. The van der Waals surface area contributed by atoms with Crippen molar-refractivity contribution in [1.29, 1.82) is 0 Å². The molecule has 0 bridgehead atoms. The van der Waals surface area contributed by atoms with Gasteiger partial charge in [-0.1, -0.05) is 0 Å². The molecule has 1 aromatic carbocycles. The summed E-state index contributed by atoms with van der Waals surface area (Å²) in [5.74, 6) is -1.78. The second-order valence-corrected chi connectivity index (χ2v) is 4.72. The zero-order valence-corrected chi connectivity index (χ0v) is 10.4. The summed E-state index contributed by atoms with van der Waals surface area (Å²) in [5.41, 5.74) is 6.70. The zero-order valence-electron chi connectivity index (χ0n) is 8.01. The zero-order chi connectivity index (χ0) is 11.7. The molecule has 0 aliphatic heterocycles. The molecule has 1 heterocycles. The highest BCUT2D eigenvalue weighted by Gasteiger charge is 2.14. The molecule has 0 atom stereocenters. The van der Waals surface area contributed by atoms with Crippen LogP contribution in [0, 0.1) is 11.6 Å². The molecular formula is C10H7BrF2N2S. The minimum atomic E-state index is -0.901. The lowest BCUT2D eigenvalue weighted by Crippen LogP contribution is -1.96. The third-order valence-corrected chi connectivity index (χ3v) is 3.73. The van der Waals surface area contributed by atoms with Crippen LogP contribution in [-0.2, 0) is 6.54 Å². The standard InChI is InChI=1S/C10H7BrF2N2S/c11-8-6(1-2-7(12)9(8)13)10-15-5(3-14)4-16-10/h1-2,4H,3,14H2. The Kier molecular flexibility index (Phi) is 3.32. The van der Waals surface area contributed by atoms with Crippen molar-refractivity contribution in [3.8, 4) is 10.6 Å². The molecule has 0 saturated heterocycles. The predicted octanol–water partition coefficient (Wildman–Crippen LogP) is 3.31. The van der Waals surface area contributed by atoms with Crippen LogP contribution in [0.1, 0.15) is 5.69 Å². The summed E-state index contributed by atoms with van der Waals surface area (Å²) < 4.78 is 26.3. The van der Waals surface area contributed by atoms with Crippen molar-refractivity contribution in [2.75, 3.05) is 0 Å². The van der Waals surface area contributed by atoms with Gasteiger partial charge in [0.25, 0.3) is 0 Å². The van der Waals surface area contributed by atoms with E-state index in [1.165, 1.54) is 17.4 Å². The van der Waals surface area contributed by atoms with Crippen LogP contribution < -0.4 is 5.73 Å². The van der Waals surface area contributed by atoms with Gasteiger partial charge in [-0.25, -0.2) is 13.8 Å². The van der Waals surface area contributed by atoms with Crippen molar-refractivity contribution in [3.05, 3.63) is 39.3 Å². The minimum Gasteiger partial charge on any atom is -0.325 e. The summed E-state index contributed by atoms with van der Waals surface area (Å²) >= 11 is 4.37. The first-order valence-electron chi connectivity index (χ1n) is 4.42. The maximum absolute atomic E-state index is 13.3. The van der Waals surface area contributed by atoms with E-state index in [0.29, 0.717) is 17.1 Å². The predicted molar refractivity (Wildman–Crippen MR) is 63.1 cm³/mol. The van der Waals surface area contributed by atoms with E-state index in [9.17, 15) is 8.78 Å². The third-order valence-electron chi connectivity index (χ3n) is 2.03. The minimum absolute atomic E-state index is 0.0884. The van der Waals surface area contributed by atoms with Gasteiger partial charge < -0.3 is 5.73 Å². The van der Waals surface area contributed by atoms with E-state index < -0.39 is 11.6 Å². The Hall–Kier alpha value is -0.850. The summed E-state index contributed by atoms with van der Waals surface area (Å²) in [7, 11) is 0. The molecular weight excluding hydrogens is 298 g/mol. The molecule has 0 unspecified atom stereocenters. The van der Waals surface area contributed by atoms with E-state index in [2.05, 4.69) is 20.9 Å². The van der Waals surface area contributed by atoms with Crippen LogP contribution in [0.4, 0.5) is 8.78 Å². The Bertz CT molecular complexity index is 528. The van der Waals surface area contributed by atoms with E-state index in [4.69, 9.17) is 5.73 Å². The SMILES string of the molecule is NCc1csc(-c2ccc(F)c(F)c2Br)n1. The number of rotatable bonds is 2. The fourth-order valence-corrected chi connectivity index (χ4v) is 2.72. The number of aromatic nitrogens is 1. The van der Waals surface area contributed by atoms with Crippen molar-refractivity contribution in [2.45, 2.75) is 6.54 Å². The van der Waals surface area contributed by atoms with Crippen molar-refractivity contribution in [2.24, 2.45) is 5.73 Å². The Labute approximate surface area is 103 Å². The van der Waals surface area contributed by atoms with E-state index in [0.717, 1.165) is 11.8 Å². The Morgan fingerprint density at radius 2 is 2.12 bits per heavy atom. The molecule has 2 N–H and O–H groups in total. The first-order chi connectivity index (χ1) is 7.63. The van der Waals surface area contributed by atoms with Crippen molar-refractivity contribution < 1.29 is 8.78 Å². The molecule has 0 amide bonds. The van der Waals surface area contributed by atoms with Gasteiger partial charge in [-0.3, -0.25) is 0 Å². The van der Waals surface area contributed by atoms with E-state index >= 15 is 0 Å². The molecule has 2 nitrogen and oxygen atoms in total. The maximum atomic E-state index is 13.3. The quantitative estimate of drug-likeness (QED) is 0.865. The average molecular weight is 305 g/mol. The molecule has 0 fully saturated rings. The molecule has 6 heteroatoms. The van der Waals surface area contributed by atoms with Crippen molar-refractivity contribution in [3.63, 3.8) is 0 Å². The van der Waals surface area contributed by atoms with E-state index in [1.807, 2.05) is 0 Å². The lowest BCUT2D eigenvalue weighted by Gasteiger charge is -2.02. The summed E-state index contributed by atoms with van der Waals surface area (Å²) in [6.45, 7) is 0.331. The second kappa shape index (κ2) is 4.57. The highest BCUT2D eigenvalue weighted by Crippen LogP contribution is 2.33. The Morgan fingerprint density at radius 1 is 1.38 bits per heavy atom. The van der Waals surface area contributed by atoms with Gasteiger partial charge in [-0.2, -0.15) is 0 Å². The van der Waals surface area contributed by atoms with Gasteiger partial charge in [0.05, 0.1) is 10.2 Å². The first kappa shape index (κ1) is 11.6. The van der Waals surface area contributed by atoms with Gasteiger partial charge in [-0.15, -0.1) is 11.3 Å². The number of nitrogens with two attached hydrogens (primary N) is 1. The number of halogens is 3. The summed E-state index contributed by atoms with van der Waals surface area (Å²) in [6.07, 6.45) is 0. The van der Waals surface area contributed by atoms with Crippen LogP contribution >= 0.6 is 27.3 Å². The van der Waals surface area contributed by atoms with Gasteiger partial charge >= 0.3 is 0 Å². The van der Waals surface area contributed by atoms with Crippen LogP contribution in [0.5, 0.6) is 0 Å². The second-order valence-electron chi connectivity index (χ2n) is 3.07. The lowest BCUT2D eigenvalue weighted by molar-refractivity contribution is 0.505. The molecule has 84 valence electrons. The monoisotopic (exact) mass is 304 g/mol. The number of thiazole rings is 1. The van der Waals surface area contributed by atoms with Crippen LogP contribution in [0.2, 0.25) is 0 Å². The molecule has 0 saturated carbocycles. The van der Waals surface area contributed by atoms with E-state index in [-0.39, 0.29) is 4.47 Å². The van der Waals surface area contributed by atoms with Crippen molar-refractivity contribution >= 4 is 27.3 Å². The van der Waals surface area contributed by atoms with Gasteiger partial charge in [-0.05, 0) is 28.1 Å². The normalized spacial score (nSPS) is 10.8. The molecule has 1 aromatic heterocycles. The highest BCUT2D eigenvalue weighted by atomic mass is 79.9. The van der Waals surface area contributed by atoms with Crippen LogP contribution in [0.25, 0.3) is 10.6 Å². The van der Waals surface area contributed by atoms with Gasteiger partial charge in [0.2, 0.25) is 0 Å². The fraction of sp³-hybridized carbons (Fsp3) is 0.100. The van der Waals surface area contributed by atoms with Gasteiger partial charge in [0.15, 0.2) is 11.6 Å². The smallest absolute Gasteiger partial charge is 0.173 e. The van der Waals surface area contributed by atoms with E-state index in [1.54, 1.807) is 5.38 Å². The molecule has 0 spiro atoms. The van der Waals surface area contributed by atoms with Gasteiger partial charge in [0.1, 0.15) is 5.01 Å². The molecule has 2 aromatic rings. The molecule has 0 aliphatic rings. The Morgan fingerprint density at radius 3 is 2.75 bits per heavy atom. The van der Waals surface area contributed by atoms with Crippen LogP contribution in [-0.4, -0.2) is 4.98 Å². The number of benzene rings is 1. The topological polar surface area (TPSA) is 38.9 Å². The summed E-state index contributed by atoms with van der Waals surface area (Å²) in [4.78, 5) is 4.20. The summed E-state index contributed by atoms with van der Waals surface area (Å²) in [6, 6.07) is 2.57. The largest absolute Gasteiger partial charge is 0.325 e. The van der Waals surface area contributed by atoms with Crippen LogP contribution in [0.3, 0.4) is 0 Å². The van der Waals surface area contributed by atoms with Crippen LogP contribution in [0.15, 0.2) is 22.0 Å². The lowest BCUT2D eigenvalue weighted by atomic mass is 10.2. The summed E-state index contributed by atoms with van der Waals surface area (Å²) in [5, 5.41) is 2.41. The average Bonchev–Trinajstić information content (AvgIpc) is 2.74. The highest BCUT2D eigenvalue weighted by molar-refractivity contribution is 9.10. The number of hydrogen-bond acceptors (Lipinski definition) is 3. The maximum Gasteiger partial charge on any atom is 0.173 e. The fourth-order valence-electron chi connectivity index (χ4n) is 1.22.